The van der Waals surface area contributed by atoms with Crippen LogP contribution in [0.25, 0.3) is 11.3 Å². The molecule has 3 aromatic rings. The van der Waals surface area contributed by atoms with E-state index in [9.17, 15) is 13.5 Å². The Balaban J connectivity index is 1.91. The van der Waals surface area contributed by atoms with Crippen molar-refractivity contribution >= 4 is 21.6 Å². The molecule has 0 radical (unpaired) electrons. The second-order valence-electron chi connectivity index (χ2n) is 8.94. The van der Waals surface area contributed by atoms with Gasteiger partial charge in [-0.1, -0.05) is 49.7 Å². The Hall–Kier alpha value is -3.19. The van der Waals surface area contributed by atoms with Gasteiger partial charge in [-0.2, -0.15) is 12.8 Å². The van der Waals surface area contributed by atoms with Crippen molar-refractivity contribution in [2.75, 3.05) is 5.73 Å². The number of aryl methyl sites for hydroxylation is 2. The maximum absolute atomic E-state index is 13.2. The zero-order valence-corrected chi connectivity index (χ0v) is 19.2. The SMILES string of the molecule is Cc1ccc(-c2nc3c(cc2/C([O-])=N/S(=O)(=O)c2cccc(N)c2)CCCC3(C)C)cc1. The van der Waals surface area contributed by atoms with Crippen LogP contribution in [-0.4, -0.2) is 19.3 Å². The maximum atomic E-state index is 13.2. The molecule has 0 bridgehead atoms. The summed E-state index contributed by atoms with van der Waals surface area (Å²) in [5.74, 6) is -0.832. The van der Waals surface area contributed by atoms with Crippen LogP contribution in [0.2, 0.25) is 0 Å². The minimum atomic E-state index is -4.21. The number of hydrogen-bond donors (Lipinski definition) is 1. The van der Waals surface area contributed by atoms with Gasteiger partial charge in [0.25, 0.3) is 10.0 Å². The summed E-state index contributed by atoms with van der Waals surface area (Å²) in [6.45, 7) is 6.27. The van der Waals surface area contributed by atoms with Crippen LogP contribution in [0.15, 0.2) is 63.9 Å². The number of rotatable bonds is 4. The number of nitrogens with two attached hydrogens (primary N) is 1. The molecule has 4 rings (SSSR count). The quantitative estimate of drug-likeness (QED) is 0.371. The summed E-state index contributed by atoms with van der Waals surface area (Å²) < 4.78 is 29.2. The summed E-state index contributed by atoms with van der Waals surface area (Å²) in [5.41, 5.74) is 10.3. The van der Waals surface area contributed by atoms with E-state index in [1.54, 1.807) is 12.1 Å². The van der Waals surface area contributed by atoms with E-state index < -0.39 is 15.9 Å². The van der Waals surface area contributed by atoms with Crippen molar-refractivity contribution in [1.29, 1.82) is 0 Å². The van der Waals surface area contributed by atoms with Gasteiger partial charge < -0.3 is 10.8 Å². The molecule has 0 fully saturated rings. The van der Waals surface area contributed by atoms with E-state index >= 15 is 0 Å². The van der Waals surface area contributed by atoms with Gasteiger partial charge in [-0.05, 0) is 56.0 Å². The van der Waals surface area contributed by atoms with Crippen molar-refractivity contribution in [2.45, 2.75) is 50.3 Å². The van der Waals surface area contributed by atoms with E-state index in [0.717, 1.165) is 41.6 Å². The second kappa shape index (κ2) is 8.06. The summed E-state index contributed by atoms with van der Waals surface area (Å²) in [5, 5.41) is 13.2. The molecule has 0 aliphatic heterocycles. The van der Waals surface area contributed by atoms with Crippen molar-refractivity contribution in [3.63, 3.8) is 0 Å². The zero-order valence-electron chi connectivity index (χ0n) is 18.4. The fourth-order valence-corrected chi connectivity index (χ4v) is 5.11. The molecule has 2 aromatic carbocycles. The Bertz CT molecular complexity index is 1310. The number of fused-ring (bicyclic) bond motifs is 1. The van der Waals surface area contributed by atoms with Crippen LogP contribution in [0.1, 0.15) is 49.1 Å². The molecule has 6 nitrogen and oxygen atoms in total. The average molecular weight is 449 g/mol. The van der Waals surface area contributed by atoms with E-state index in [4.69, 9.17) is 10.7 Å². The van der Waals surface area contributed by atoms with E-state index in [2.05, 4.69) is 18.2 Å². The molecule has 1 aliphatic carbocycles. The highest BCUT2D eigenvalue weighted by Crippen LogP contribution is 2.38. The van der Waals surface area contributed by atoms with Crippen LogP contribution >= 0.6 is 0 Å². The lowest BCUT2D eigenvalue weighted by molar-refractivity contribution is -0.212. The molecule has 1 heterocycles. The minimum Gasteiger partial charge on any atom is -0.858 e. The van der Waals surface area contributed by atoms with E-state index in [-0.39, 0.29) is 21.6 Å². The lowest BCUT2D eigenvalue weighted by Crippen LogP contribution is -2.28. The molecular formula is C25H26N3O3S-. The lowest BCUT2D eigenvalue weighted by Gasteiger charge is -2.33. The van der Waals surface area contributed by atoms with Crippen LogP contribution in [-0.2, 0) is 21.9 Å². The maximum Gasteiger partial charge on any atom is 0.281 e. The summed E-state index contributed by atoms with van der Waals surface area (Å²) in [6.07, 6.45) is 2.78. The molecule has 32 heavy (non-hydrogen) atoms. The van der Waals surface area contributed by atoms with Gasteiger partial charge in [-0.25, -0.2) is 0 Å². The topological polar surface area (TPSA) is 108 Å². The summed E-state index contributed by atoms with van der Waals surface area (Å²) >= 11 is 0. The molecule has 0 saturated heterocycles. The van der Waals surface area contributed by atoms with Gasteiger partial charge in [0, 0.05) is 33.8 Å². The number of nitrogen functional groups attached to an aromatic ring is 1. The van der Waals surface area contributed by atoms with Crippen molar-refractivity contribution in [1.82, 2.24) is 4.98 Å². The predicted molar refractivity (Wildman–Crippen MR) is 125 cm³/mol. The third-order valence-corrected chi connectivity index (χ3v) is 7.16. The fourth-order valence-electron chi connectivity index (χ4n) is 4.15. The average Bonchev–Trinajstić information content (AvgIpc) is 2.73. The first-order valence-corrected chi connectivity index (χ1v) is 12.0. The zero-order chi connectivity index (χ0) is 23.1. The first kappa shape index (κ1) is 22.0. The van der Waals surface area contributed by atoms with Gasteiger partial charge in [0.15, 0.2) is 0 Å². The molecule has 166 valence electrons. The molecule has 0 saturated carbocycles. The fraction of sp³-hybridized carbons (Fsp3) is 0.280. The molecule has 0 atom stereocenters. The number of nitrogens with zero attached hydrogens (tertiary/aromatic N) is 2. The van der Waals surface area contributed by atoms with Crippen LogP contribution in [0.4, 0.5) is 5.69 Å². The highest BCUT2D eigenvalue weighted by atomic mass is 32.2. The molecule has 1 aliphatic rings. The molecule has 0 amide bonds. The minimum absolute atomic E-state index is 0.116. The Kier molecular flexibility index (Phi) is 5.54. The number of pyridine rings is 1. The molecular weight excluding hydrogens is 422 g/mol. The normalized spacial score (nSPS) is 15.9. The third kappa shape index (κ3) is 4.25. The predicted octanol–water partition coefficient (Wildman–Crippen LogP) is 3.75. The smallest absolute Gasteiger partial charge is 0.281 e. The molecule has 0 unspecified atom stereocenters. The molecule has 2 N–H and O–H groups in total. The highest BCUT2D eigenvalue weighted by Gasteiger charge is 2.30. The Morgan fingerprint density at radius 1 is 1.12 bits per heavy atom. The number of anilines is 1. The Morgan fingerprint density at radius 3 is 2.53 bits per heavy atom. The monoisotopic (exact) mass is 448 g/mol. The lowest BCUT2D eigenvalue weighted by atomic mass is 9.75. The number of sulfonamides is 1. The highest BCUT2D eigenvalue weighted by molar-refractivity contribution is 7.90. The van der Waals surface area contributed by atoms with E-state index in [0.29, 0.717) is 5.69 Å². The molecule has 0 spiro atoms. The number of aromatic nitrogens is 1. The Morgan fingerprint density at radius 2 is 1.84 bits per heavy atom. The third-order valence-electron chi connectivity index (χ3n) is 5.90. The largest absolute Gasteiger partial charge is 0.858 e. The standard InChI is InChI=1S/C25H27N3O3S/c1-16-9-11-17(12-10-16)22-21(14-18-6-5-13-25(2,3)23(18)27-22)24(29)28-32(30,31)20-8-4-7-19(26)15-20/h4,7-12,14-15H,5-6,13,26H2,1-3H3,(H,28,29)/p-1. The van der Waals surface area contributed by atoms with Crippen molar-refractivity contribution < 1.29 is 13.5 Å². The van der Waals surface area contributed by atoms with Crippen molar-refractivity contribution in [2.24, 2.45) is 4.40 Å². The van der Waals surface area contributed by atoms with Gasteiger partial charge in [0.2, 0.25) is 0 Å². The van der Waals surface area contributed by atoms with E-state index in [1.807, 2.05) is 31.2 Å². The van der Waals surface area contributed by atoms with Crippen LogP contribution in [0.3, 0.4) is 0 Å². The summed E-state index contributed by atoms with van der Waals surface area (Å²) in [4.78, 5) is 4.79. The van der Waals surface area contributed by atoms with Gasteiger partial charge in [-0.3, -0.25) is 4.98 Å². The van der Waals surface area contributed by atoms with Crippen LogP contribution in [0, 0.1) is 6.92 Å². The first-order valence-electron chi connectivity index (χ1n) is 10.6. The second-order valence-corrected chi connectivity index (χ2v) is 10.5. The molecule has 1 aromatic heterocycles. The van der Waals surface area contributed by atoms with Crippen LogP contribution in [0.5, 0.6) is 0 Å². The van der Waals surface area contributed by atoms with Gasteiger partial charge in [0.05, 0.1) is 10.6 Å². The Labute approximate surface area is 188 Å². The summed E-state index contributed by atoms with van der Waals surface area (Å²) in [7, 11) is -4.21. The van der Waals surface area contributed by atoms with E-state index in [1.165, 1.54) is 18.2 Å². The first-order chi connectivity index (χ1) is 15.1. The van der Waals surface area contributed by atoms with Gasteiger partial charge >= 0.3 is 0 Å². The van der Waals surface area contributed by atoms with Gasteiger partial charge in [-0.15, -0.1) is 0 Å². The van der Waals surface area contributed by atoms with Crippen LogP contribution < -0.4 is 10.8 Å². The number of hydrogen-bond acceptors (Lipinski definition) is 5. The summed E-state index contributed by atoms with van der Waals surface area (Å²) in [6, 6.07) is 15.2. The number of benzene rings is 2. The van der Waals surface area contributed by atoms with Crippen molar-refractivity contribution in [3.8, 4) is 11.3 Å². The van der Waals surface area contributed by atoms with Crippen molar-refractivity contribution in [3.05, 3.63) is 77.0 Å². The molecule has 7 heteroatoms. The van der Waals surface area contributed by atoms with Gasteiger partial charge in [0.1, 0.15) is 0 Å².